The molecule has 3 heterocycles. The summed E-state index contributed by atoms with van der Waals surface area (Å²) in [6, 6.07) is 3.81. The summed E-state index contributed by atoms with van der Waals surface area (Å²) in [4.78, 5) is 33.6. The largest absolute Gasteiger partial charge is 0.288 e. The van der Waals surface area contributed by atoms with Crippen LogP contribution in [0.4, 0.5) is 5.13 Å². The number of rotatable bonds is 4. The van der Waals surface area contributed by atoms with Crippen LogP contribution in [0, 0.1) is 5.92 Å². The number of thiazole rings is 1. The van der Waals surface area contributed by atoms with E-state index in [0.717, 1.165) is 16.4 Å². The molecule has 1 aliphatic heterocycles. The zero-order valence-corrected chi connectivity index (χ0v) is 13.7. The van der Waals surface area contributed by atoms with Crippen LogP contribution in [-0.2, 0) is 9.59 Å². The number of carbonyl (C=O) groups excluding carboxylic acids is 2. The minimum atomic E-state index is 0.0845. The molecule has 0 saturated carbocycles. The summed E-state index contributed by atoms with van der Waals surface area (Å²) in [6.45, 7) is 2.19. The second-order valence-corrected chi connectivity index (χ2v) is 7.17. The quantitative estimate of drug-likeness (QED) is 0.861. The van der Waals surface area contributed by atoms with E-state index >= 15 is 0 Å². The molecule has 114 valence electrons. The van der Waals surface area contributed by atoms with Gasteiger partial charge in [-0.15, -0.1) is 11.3 Å². The first kappa shape index (κ1) is 15.2. The maximum absolute atomic E-state index is 12.2. The predicted octanol–water partition coefficient (Wildman–Crippen LogP) is 2.84. The smallest absolute Gasteiger partial charge is 0.229 e. The van der Waals surface area contributed by atoms with Crippen LogP contribution in [0.5, 0.6) is 0 Å². The van der Waals surface area contributed by atoms with E-state index in [1.807, 2.05) is 17.5 Å². The number of hydrogen-bond acceptors (Lipinski definition) is 6. The van der Waals surface area contributed by atoms with Crippen molar-refractivity contribution in [2.24, 2.45) is 5.92 Å². The number of hydrogen-bond donors (Lipinski definition) is 0. The first-order valence-corrected chi connectivity index (χ1v) is 8.79. The molecule has 0 spiro atoms. The molecular formula is C15H15N3O2S2. The van der Waals surface area contributed by atoms with Gasteiger partial charge >= 0.3 is 0 Å². The third kappa shape index (κ3) is 3.36. The highest BCUT2D eigenvalue weighted by Crippen LogP contribution is 2.32. The Bertz CT molecular complexity index is 687. The molecule has 7 heteroatoms. The van der Waals surface area contributed by atoms with Crippen molar-refractivity contribution in [2.45, 2.75) is 13.3 Å². The molecule has 0 N–H and O–H groups in total. The van der Waals surface area contributed by atoms with Gasteiger partial charge < -0.3 is 0 Å². The molecule has 1 atom stereocenters. The molecular weight excluding hydrogens is 318 g/mol. The van der Waals surface area contributed by atoms with E-state index in [0.29, 0.717) is 18.7 Å². The lowest BCUT2D eigenvalue weighted by Gasteiger charge is -2.12. The minimum Gasteiger partial charge on any atom is -0.288 e. The van der Waals surface area contributed by atoms with E-state index < -0.39 is 0 Å². The van der Waals surface area contributed by atoms with Crippen LogP contribution in [0.1, 0.15) is 13.3 Å². The van der Waals surface area contributed by atoms with E-state index in [1.165, 1.54) is 23.1 Å². The van der Waals surface area contributed by atoms with Gasteiger partial charge in [-0.25, -0.2) is 4.98 Å². The highest BCUT2D eigenvalue weighted by molar-refractivity contribution is 8.13. The van der Waals surface area contributed by atoms with Crippen LogP contribution in [0.25, 0.3) is 11.3 Å². The number of thioether (sulfide) groups is 1. The van der Waals surface area contributed by atoms with Crippen LogP contribution in [-0.4, -0.2) is 33.3 Å². The van der Waals surface area contributed by atoms with Crippen molar-refractivity contribution < 1.29 is 9.59 Å². The summed E-state index contributed by atoms with van der Waals surface area (Å²) in [5.41, 5.74) is 1.78. The number of aromatic nitrogens is 2. The Morgan fingerprint density at radius 1 is 1.55 bits per heavy atom. The third-order valence-corrected chi connectivity index (χ3v) is 5.32. The molecule has 0 radical (unpaired) electrons. The molecule has 1 unspecified atom stereocenters. The van der Waals surface area contributed by atoms with E-state index in [9.17, 15) is 9.59 Å². The van der Waals surface area contributed by atoms with Crippen molar-refractivity contribution in [3.05, 3.63) is 29.9 Å². The fourth-order valence-corrected chi connectivity index (χ4v) is 3.90. The Morgan fingerprint density at radius 2 is 2.41 bits per heavy atom. The van der Waals surface area contributed by atoms with Gasteiger partial charge in [-0.1, -0.05) is 11.8 Å². The van der Waals surface area contributed by atoms with Crippen LogP contribution < -0.4 is 4.90 Å². The minimum absolute atomic E-state index is 0.0845. The SMILES string of the molecule is CC(=O)SCC1CC(=O)N(c2nc(-c3cccnc3)cs2)C1. The molecule has 1 amide bonds. The van der Waals surface area contributed by atoms with Crippen LogP contribution in [0.3, 0.4) is 0 Å². The van der Waals surface area contributed by atoms with Crippen LogP contribution in [0.2, 0.25) is 0 Å². The third-order valence-electron chi connectivity index (χ3n) is 3.41. The van der Waals surface area contributed by atoms with E-state index in [4.69, 9.17) is 0 Å². The monoisotopic (exact) mass is 333 g/mol. The number of amides is 1. The van der Waals surface area contributed by atoms with Gasteiger partial charge in [0.2, 0.25) is 5.91 Å². The molecule has 1 fully saturated rings. The van der Waals surface area contributed by atoms with Crippen molar-refractivity contribution in [1.29, 1.82) is 0 Å². The molecule has 22 heavy (non-hydrogen) atoms. The van der Waals surface area contributed by atoms with Gasteiger partial charge in [0, 0.05) is 49.0 Å². The predicted molar refractivity (Wildman–Crippen MR) is 88.9 cm³/mol. The van der Waals surface area contributed by atoms with E-state index in [1.54, 1.807) is 24.2 Å². The normalized spacial score (nSPS) is 18.0. The van der Waals surface area contributed by atoms with Crippen LogP contribution >= 0.6 is 23.1 Å². The molecule has 1 saturated heterocycles. The van der Waals surface area contributed by atoms with Crippen molar-refractivity contribution in [3.8, 4) is 11.3 Å². The van der Waals surface area contributed by atoms with Gasteiger partial charge in [0.15, 0.2) is 10.2 Å². The number of pyridine rings is 1. The first-order valence-electron chi connectivity index (χ1n) is 6.93. The average Bonchev–Trinajstić information content (AvgIpc) is 3.12. The zero-order valence-electron chi connectivity index (χ0n) is 12.1. The summed E-state index contributed by atoms with van der Waals surface area (Å²) in [5, 5.41) is 2.76. The summed E-state index contributed by atoms with van der Waals surface area (Å²) in [6.07, 6.45) is 3.97. The van der Waals surface area contributed by atoms with Gasteiger partial charge in [0.25, 0.3) is 0 Å². The molecule has 0 bridgehead atoms. The number of nitrogens with zero attached hydrogens (tertiary/aromatic N) is 3. The maximum atomic E-state index is 12.2. The molecule has 3 rings (SSSR count). The highest BCUT2D eigenvalue weighted by Gasteiger charge is 2.32. The standard InChI is InChI=1S/C15H15N3O2S2/c1-10(19)21-8-11-5-14(20)18(7-11)15-17-13(9-22-15)12-3-2-4-16-6-12/h2-4,6,9,11H,5,7-8H2,1H3. The fourth-order valence-electron chi connectivity index (χ4n) is 2.35. The lowest BCUT2D eigenvalue weighted by atomic mass is 10.1. The van der Waals surface area contributed by atoms with Gasteiger partial charge in [0.1, 0.15) is 0 Å². The molecule has 5 nitrogen and oxygen atoms in total. The Hall–Kier alpha value is -1.73. The molecule has 2 aromatic rings. The topological polar surface area (TPSA) is 63.2 Å². The van der Waals surface area contributed by atoms with Crippen molar-refractivity contribution >= 4 is 39.3 Å². The van der Waals surface area contributed by atoms with Crippen molar-refractivity contribution in [2.75, 3.05) is 17.2 Å². The fraction of sp³-hybridized carbons (Fsp3) is 0.333. The summed E-state index contributed by atoms with van der Waals surface area (Å²) in [7, 11) is 0. The molecule has 1 aliphatic rings. The Labute approximate surface area is 136 Å². The molecule has 2 aromatic heterocycles. The second-order valence-electron chi connectivity index (χ2n) is 5.13. The van der Waals surface area contributed by atoms with Crippen LogP contribution in [0.15, 0.2) is 29.9 Å². The van der Waals surface area contributed by atoms with Crippen molar-refractivity contribution in [1.82, 2.24) is 9.97 Å². The van der Waals surface area contributed by atoms with Gasteiger partial charge in [-0.3, -0.25) is 19.5 Å². The number of carbonyl (C=O) groups is 2. The van der Waals surface area contributed by atoms with E-state index in [-0.39, 0.29) is 16.9 Å². The lowest BCUT2D eigenvalue weighted by Crippen LogP contribution is -2.24. The Kier molecular flexibility index (Phi) is 4.54. The van der Waals surface area contributed by atoms with Gasteiger partial charge in [0.05, 0.1) is 5.69 Å². The van der Waals surface area contributed by atoms with Gasteiger partial charge in [-0.2, -0.15) is 0 Å². The summed E-state index contributed by atoms with van der Waals surface area (Å²) in [5.74, 6) is 0.992. The Morgan fingerprint density at radius 3 is 3.14 bits per heavy atom. The summed E-state index contributed by atoms with van der Waals surface area (Å²) < 4.78 is 0. The zero-order chi connectivity index (χ0) is 15.5. The lowest BCUT2D eigenvalue weighted by molar-refractivity contribution is -0.117. The number of anilines is 1. The maximum Gasteiger partial charge on any atom is 0.229 e. The Balaban J connectivity index is 1.71. The first-order chi connectivity index (χ1) is 10.6. The highest BCUT2D eigenvalue weighted by atomic mass is 32.2. The van der Waals surface area contributed by atoms with E-state index in [2.05, 4.69) is 9.97 Å². The molecule has 0 aliphatic carbocycles. The molecule has 0 aromatic carbocycles. The summed E-state index contributed by atoms with van der Waals surface area (Å²) >= 11 is 2.75. The second kappa shape index (κ2) is 6.58. The van der Waals surface area contributed by atoms with Crippen molar-refractivity contribution in [3.63, 3.8) is 0 Å². The van der Waals surface area contributed by atoms with Gasteiger partial charge in [-0.05, 0) is 18.1 Å². The average molecular weight is 333 g/mol.